The van der Waals surface area contributed by atoms with Crippen molar-refractivity contribution in [1.29, 1.82) is 0 Å². The number of hydrogen-bond donors (Lipinski definition) is 1. The zero-order valence-corrected chi connectivity index (χ0v) is 12.5. The highest BCUT2D eigenvalue weighted by Crippen LogP contribution is 2.11. The Bertz CT molecular complexity index is 655. The number of aromatic nitrogens is 2. The van der Waals surface area contributed by atoms with Crippen LogP contribution in [0.3, 0.4) is 0 Å². The van der Waals surface area contributed by atoms with Crippen LogP contribution in [0.2, 0.25) is 0 Å². The van der Waals surface area contributed by atoms with Gasteiger partial charge in [-0.25, -0.2) is 14.4 Å². The summed E-state index contributed by atoms with van der Waals surface area (Å²) in [5.41, 5.74) is 1.07. The third kappa shape index (κ3) is 4.01. The van der Waals surface area contributed by atoms with E-state index in [9.17, 15) is 9.18 Å². The molecule has 1 aliphatic heterocycles. The molecule has 0 saturated carbocycles. The molecular weight excluding hydrogens is 299 g/mol. The van der Waals surface area contributed by atoms with E-state index in [1.165, 1.54) is 18.3 Å². The molecule has 23 heavy (non-hydrogen) atoms. The molecule has 6 nitrogen and oxygen atoms in total. The summed E-state index contributed by atoms with van der Waals surface area (Å²) in [6, 6.07) is 5.97. The Morgan fingerprint density at radius 1 is 1.17 bits per heavy atom. The molecular formula is C16H17FN4O2. The molecule has 0 spiro atoms. The molecule has 0 atom stereocenters. The van der Waals surface area contributed by atoms with Crippen LogP contribution in [-0.2, 0) is 11.3 Å². The van der Waals surface area contributed by atoms with Crippen LogP contribution in [0.5, 0.6) is 0 Å². The average Bonchev–Trinajstić information content (AvgIpc) is 2.62. The van der Waals surface area contributed by atoms with Crippen LogP contribution in [0.4, 0.5) is 10.2 Å². The Morgan fingerprint density at radius 2 is 1.91 bits per heavy atom. The minimum Gasteiger partial charge on any atom is -0.378 e. The first-order chi connectivity index (χ1) is 11.2. The molecule has 1 fully saturated rings. The lowest BCUT2D eigenvalue weighted by molar-refractivity contribution is 0.0945. The molecule has 0 bridgehead atoms. The lowest BCUT2D eigenvalue weighted by Crippen LogP contribution is -2.37. The van der Waals surface area contributed by atoms with E-state index in [0.717, 1.165) is 24.5 Å². The van der Waals surface area contributed by atoms with E-state index in [1.807, 2.05) is 0 Å². The molecule has 120 valence electrons. The number of carbonyl (C=O) groups is 1. The van der Waals surface area contributed by atoms with E-state index in [0.29, 0.717) is 19.8 Å². The first-order valence-corrected chi connectivity index (χ1v) is 7.40. The lowest BCUT2D eigenvalue weighted by atomic mass is 10.2. The van der Waals surface area contributed by atoms with Crippen molar-refractivity contribution < 1.29 is 13.9 Å². The van der Waals surface area contributed by atoms with Crippen LogP contribution in [-0.4, -0.2) is 42.2 Å². The Hall–Kier alpha value is -2.54. The summed E-state index contributed by atoms with van der Waals surface area (Å²) in [7, 11) is 0. The molecule has 2 aromatic rings. The number of halogens is 1. The molecule has 1 saturated heterocycles. The van der Waals surface area contributed by atoms with Crippen molar-refractivity contribution in [3.05, 3.63) is 53.7 Å². The standard InChI is InChI=1S/C16H17FN4O2/c17-13-3-1-12(2-4-13)9-20-16(22)14-10-19-15(11-18-14)21-5-7-23-8-6-21/h1-4,10-11H,5-9H2,(H,20,22). The minimum atomic E-state index is -0.310. The van der Waals surface area contributed by atoms with Gasteiger partial charge < -0.3 is 15.0 Å². The van der Waals surface area contributed by atoms with Crippen molar-refractivity contribution in [1.82, 2.24) is 15.3 Å². The highest BCUT2D eigenvalue weighted by Gasteiger charge is 2.14. The van der Waals surface area contributed by atoms with Crippen LogP contribution in [0.15, 0.2) is 36.7 Å². The molecule has 1 aliphatic rings. The summed E-state index contributed by atoms with van der Waals surface area (Å²) in [6.45, 7) is 3.19. The maximum atomic E-state index is 12.8. The third-order valence-corrected chi connectivity index (χ3v) is 3.57. The second-order valence-electron chi connectivity index (χ2n) is 5.17. The number of morpholine rings is 1. The normalized spacial score (nSPS) is 14.6. The molecule has 1 aromatic heterocycles. The summed E-state index contributed by atoms with van der Waals surface area (Å²) in [5.74, 6) is 0.128. The summed E-state index contributed by atoms with van der Waals surface area (Å²) in [5, 5.41) is 2.74. The van der Waals surface area contributed by atoms with E-state index in [1.54, 1.807) is 18.3 Å². The van der Waals surface area contributed by atoms with Gasteiger partial charge in [0.25, 0.3) is 5.91 Å². The fraction of sp³-hybridized carbons (Fsp3) is 0.312. The van der Waals surface area contributed by atoms with Crippen molar-refractivity contribution in [3.8, 4) is 0 Å². The van der Waals surface area contributed by atoms with Gasteiger partial charge in [0.1, 0.15) is 17.3 Å². The van der Waals surface area contributed by atoms with Gasteiger partial charge >= 0.3 is 0 Å². The van der Waals surface area contributed by atoms with Crippen LogP contribution in [0.1, 0.15) is 16.1 Å². The Balaban J connectivity index is 1.57. The molecule has 0 radical (unpaired) electrons. The number of ether oxygens (including phenoxy) is 1. The van der Waals surface area contributed by atoms with E-state index in [-0.39, 0.29) is 17.4 Å². The number of rotatable bonds is 4. The van der Waals surface area contributed by atoms with Crippen molar-refractivity contribution in [3.63, 3.8) is 0 Å². The van der Waals surface area contributed by atoms with Gasteiger partial charge in [0, 0.05) is 19.6 Å². The average molecular weight is 316 g/mol. The summed E-state index contributed by atoms with van der Waals surface area (Å²) < 4.78 is 18.1. The minimum absolute atomic E-state index is 0.254. The maximum absolute atomic E-state index is 12.8. The van der Waals surface area contributed by atoms with Gasteiger partial charge in [-0.3, -0.25) is 4.79 Å². The van der Waals surface area contributed by atoms with E-state index >= 15 is 0 Å². The first kappa shape index (κ1) is 15.4. The van der Waals surface area contributed by atoms with Gasteiger partial charge in [0.15, 0.2) is 0 Å². The predicted molar refractivity (Wildman–Crippen MR) is 82.6 cm³/mol. The topological polar surface area (TPSA) is 67.4 Å². The Morgan fingerprint density at radius 3 is 2.57 bits per heavy atom. The van der Waals surface area contributed by atoms with Crippen LogP contribution >= 0.6 is 0 Å². The Kier molecular flexibility index (Phi) is 4.77. The second-order valence-corrected chi connectivity index (χ2v) is 5.17. The van der Waals surface area contributed by atoms with Crippen molar-refractivity contribution in [2.45, 2.75) is 6.54 Å². The first-order valence-electron chi connectivity index (χ1n) is 7.40. The molecule has 2 heterocycles. The van der Waals surface area contributed by atoms with Crippen LogP contribution in [0.25, 0.3) is 0 Å². The molecule has 0 unspecified atom stereocenters. The second kappa shape index (κ2) is 7.15. The molecule has 7 heteroatoms. The summed E-state index contributed by atoms with van der Waals surface area (Å²) >= 11 is 0. The molecule has 0 aliphatic carbocycles. The fourth-order valence-electron chi connectivity index (χ4n) is 2.27. The summed E-state index contributed by atoms with van der Waals surface area (Å²) in [4.78, 5) is 22.6. The molecule has 1 aromatic carbocycles. The number of nitrogens with zero attached hydrogens (tertiary/aromatic N) is 3. The highest BCUT2D eigenvalue weighted by atomic mass is 19.1. The number of anilines is 1. The van der Waals surface area contributed by atoms with Crippen molar-refractivity contribution >= 4 is 11.7 Å². The number of benzene rings is 1. The monoisotopic (exact) mass is 316 g/mol. The van der Waals surface area contributed by atoms with Gasteiger partial charge in [-0.1, -0.05) is 12.1 Å². The smallest absolute Gasteiger partial charge is 0.271 e. The molecule has 1 amide bonds. The number of carbonyl (C=O) groups excluding carboxylic acids is 1. The van der Waals surface area contributed by atoms with Crippen molar-refractivity contribution in [2.24, 2.45) is 0 Å². The molecule has 3 rings (SSSR count). The number of nitrogens with one attached hydrogen (secondary N) is 1. The zero-order chi connectivity index (χ0) is 16.1. The largest absolute Gasteiger partial charge is 0.378 e. The fourth-order valence-corrected chi connectivity index (χ4v) is 2.27. The SMILES string of the molecule is O=C(NCc1ccc(F)cc1)c1cnc(N2CCOCC2)cn1. The third-order valence-electron chi connectivity index (χ3n) is 3.57. The van der Waals surface area contributed by atoms with Gasteiger partial charge in [-0.05, 0) is 17.7 Å². The maximum Gasteiger partial charge on any atom is 0.271 e. The van der Waals surface area contributed by atoms with Crippen LogP contribution < -0.4 is 10.2 Å². The van der Waals surface area contributed by atoms with Crippen molar-refractivity contribution in [2.75, 3.05) is 31.2 Å². The van der Waals surface area contributed by atoms with Gasteiger partial charge in [0.2, 0.25) is 0 Å². The van der Waals surface area contributed by atoms with Gasteiger partial charge in [-0.2, -0.15) is 0 Å². The van der Waals surface area contributed by atoms with E-state index in [2.05, 4.69) is 20.2 Å². The molecule has 1 N–H and O–H groups in total. The lowest BCUT2D eigenvalue weighted by Gasteiger charge is -2.27. The summed E-state index contributed by atoms with van der Waals surface area (Å²) in [6.07, 6.45) is 3.06. The number of hydrogen-bond acceptors (Lipinski definition) is 5. The number of amides is 1. The highest BCUT2D eigenvalue weighted by molar-refractivity contribution is 5.91. The van der Waals surface area contributed by atoms with Gasteiger partial charge in [-0.15, -0.1) is 0 Å². The zero-order valence-electron chi connectivity index (χ0n) is 12.5. The quantitative estimate of drug-likeness (QED) is 0.923. The van der Waals surface area contributed by atoms with Gasteiger partial charge in [0.05, 0.1) is 25.6 Å². The Labute approximate surface area is 133 Å². The van der Waals surface area contributed by atoms with Crippen LogP contribution in [0, 0.1) is 5.82 Å². The van der Waals surface area contributed by atoms with E-state index in [4.69, 9.17) is 4.74 Å². The predicted octanol–water partition coefficient (Wildman–Crippen LogP) is 1.38. The van der Waals surface area contributed by atoms with E-state index < -0.39 is 0 Å².